The highest BCUT2D eigenvalue weighted by Gasteiger charge is 2.31. The number of halogens is 1. The summed E-state index contributed by atoms with van der Waals surface area (Å²) in [6, 6.07) is 2.55. The molecule has 13 heavy (non-hydrogen) atoms. The molecule has 0 amide bonds. The van der Waals surface area contributed by atoms with Crippen LogP contribution in [0.4, 0.5) is 4.39 Å². The van der Waals surface area contributed by atoms with Crippen LogP contribution in [0.1, 0.15) is 12.8 Å². The molecule has 0 radical (unpaired) electrons. The minimum absolute atomic E-state index is 0.0341. The highest BCUT2D eigenvalue weighted by Crippen LogP contribution is 2.30. The van der Waals surface area contributed by atoms with E-state index in [1.54, 1.807) is 0 Å². The third-order valence-corrected chi connectivity index (χ3v) is 1.82. The fraction of sp³-hybridized carbons (Fsp3) is 0.333. The summed E-state index contributed by atoms with van der Waals surface area (Å²) in [4.78, 5) is 14.7. The van der Waals surface area contributed by atoms with E-state index in [0.717, 1.165) is 19.0 Å². The summed E-state index contributed by atoms with van der Waals surface area (Å²) in [5.41, 5.74) is 0. The molecule has 0 aliphatic heterocycles. The Balaban J connectivity index is 2.00. The molecule has 1 aromatic heterocycles. The molecule has 0 aromatic carbocycles. The van der Waals surface area contributed by atoms with Gasteiger partial charge in [-0.3, -0.25) is 4.79 Å². The number of ether oxygens (including phenoxy) is 1. The fourth-order valence-corrected chi connectivity index (χ4v) is 0.928. The molecule has 1 heterocycles. The molecule has 1 saturated carbocycles. The molecule has 0 spiro atoms. The first-order valence-electron chi connectivity index (χ1n) is 4.09. The van der Waals surface area contributed by atoms with Crippen molar-refractivity contribution in [3.8, 4) is 5.88 Å². The Kier molecular flexibility index (Phi) is 1.96. The van der Waals surface area contributed by atoms with E-state index in [1.807, 2.05) is 0 Å². The molecular weight excluding hydrogens is 173 g/mol. The Morgan fingerprint density at radius 1 is 1.54 bits per heavy atom. The van der Waals surface area contributed by atoms with Crippen LogP contribution >= 0.6 is 0 Å². The Bertz CT molecular complexity index is 319. The SMILES string of the molecule is O=C(Oc1ccc(F)cn1)C1CC1. The van der Waals surface area contributed by atoms with Crippen LogP contribution in [-0.2, 0) is 4.79 Å². The maximum Gasteiger partial charge on any atom is 0.315 e. The maximum absolute atomic E-state index is 12.4. The lowest BCUT2D eigenvalue weighted by Crippen LogP contribution is -2.10. The topological polar surface area (TPSA) is 39.2 Å². The van der Waals surface area contributed by atoms with Crippen molar-refractivity contribution in [3.63, 3.8) is 0 Å². The molecule has 0 atom stereocenters. The lowest BCUT2D eigenvalue weighted by atomic mass is 10.4. The van der Waals surface area contributed by atoms with Crippen molar-refractivity contribution in [1.29, 1.82) is 0 Å². The number of hydrogen-bond donors (Lipinski definition) is 0. The first kappa shape index (κ1) is 8.16. The zero-order valence-corrected chi connectivity index (χ0v) is 6.87. The second-order valence-corrected chi connectivity index (χ2v) is 3.01. The lowest BCUT2D eigenvalue weighted by Gasteiger charge is -2.00. The number of nitrogens with zero attached hydrogens (tertiary/aromatic N) is 1. The van der Waals surface area contributed by atoms with E-state index in [-0.39, 0.29) is 17.8 Å². The van der Waals surface area contributed by atoms with E-state index in [0.29, 0.717) is 0 Å². The van der Waals surface area contributed by atoms with E-state index >= 15 is 0 Å². The average molecular weight is 181 g/mol. The monoisotopic (exact) mass is 181 g/mol. The molecule has 0 saturated heterocycles. The van der Waals surface area contributed by atoms with Gasteiger partial charge in [0.25, 0.3) is 0 Å². The Morgan fingerprint density at radius 2 is 2.31 bits per heavy atom. The third-order valence-electron chi connectivity index (χ3n) is 1.82. The van der Waals surface area contributed by atoms with Gasteiger partial charge in [-0.15, -0.1) is 0 Å². The van der Waals surface area contributed by atoms with Gasteiger partial charge in [-0.05, 0) is 18.9 Å². The number of carbonyl (C=O) groups is 1. The quantitative estimate of drug-likeness (QED) is 0.649. The molecule has 4 heteroatoms. The molecule has 1 aromatic rings. The number of carbonyl (C=O) groups excluding carboxylic acids is 1. The van der Waals surface area contributed by atoms with Gasteiger partial charge in [0, 0.05) is 6.07 Å². The number of aromatic nitrogens is 1. The second kappa shape index (κ2) is 3.12. The van der Waals surface area contributed by atoms with Gasteiger partial charge in [-0.2, -0.15) is 0 Å². The van der Waals surface area contributed by atoms with Crippen molar-refractivity contribution in [1.82, 2.24) is 4.98 Å². The van der Waals surface area contributed by atoms with E-state index in [9.17, 15) is 9.18 Å². The second-order valence-electron chi connectivity index (χ2n) is 3.01. The number of pyridine rings is 1. The van der Waals surface area contributed by atoms with Gasteiger partial charge in [0.2, 0.25) is 5.88 Å². The van der Waals surface area contributed by atoms with Gasteiger partial charge in [0.05, 0.1) is 12.1 Å². The third kappa shape index (κ3) is 2.02. The highest BCUT2D eigenvalue weighted by molar-refractivity contribution is 5.76. The van der Waals surface area contributed by atoms with Crippen LogP contribution in [0.15, 0.2) is 18.3 Å². The molecule has 1 aliphatic carbocycles. The van der Waals surface area contributed by atoms with Gasteiger partial charge >= 0.3 is 5.97 Å². The summed E-state index contributed by atoms with van der Waals surface area (Å²) < 4.78 is 17.3. The van der Waals surface area contributed by atoms with Gasteiger partial charge in [-0.1, -0.05) is 0 Å². The smallest absolute Gasteiger partial charge is 0.315 e. The predicted octanol–water partition coefficient (Wildman–Crippen LogP) is 1.54. The number of rotatable bonds is 2. The molecule has 3 nitrogen and oxygen atoms in total. The van der Waals surface area contributed by atoms with Gasteiger partial charge in [0.1, 0.15) is 5.82 Å². The van der Waals surface area contributed by atoms with Crippen LogP contribution in [0.2, 0.25) is 0 Å². The van der Waals surface area contributed by atoms with Crippen molar-refractivity contribution in [2.24, 2.45) is 5.92 Å². The zero-order chi connectivity index (χ0) is 9.26. The number of esters is 1. The Labute approximate surface area is 74.5 Å². The van der Waals surface area contributed by atoms with Crippen molar-refractivity contribution in [2.45, 2.75) is 12.8 Å². The van der Waals surface area contributed by atoms with Crippen molar-refractivity contribution in [3.05, 3.63) is 24.1 Å². The molecule has 0 unspecified atom stereocenters. The van der Waals surface area contributed by atoms with Crippen LogP contribution in [0, 0.1) is 11.7 Å². The Hall–Kier alpha value is -1.45. The van der Waals surface area contributed by atoms with E-state index in [1.165, 1.54) is 12.1 Å². The molecule has 0 bridgehead atoms. The minimum Gasteiger partial charge on any atom is -0.407 e. The van der Waals surface area contributed by atoms with Crippen molar-refractivity contribution >= 4 is 5.97 Å². The van der Waals surface area contributed by atoms with E-state index < -0.39 is 5.82 Å². The van der Waals surface area contributed by atoms with Crippen LogP contribution in [-0.4, -0.2) is 11.0 Å². The summed E-state index contributed by atoms with van der Waals surface area (Å²) in [5, 5.41) is 0. The van der Waals surface area contributed by atoms with Gasteiger partial charge < -0.3 is 4.74 Å². The van der Waals surface area contributed by atoms with Crippen LogP contribution in [0.3, 0.4) is 0 Å². The molecule has 0 N–H and O–H groups in total. The summed E-state index contributed by atoms with van der Waals surface area (Å²) in [6.07, 6.45) is 2.80. The Morgan fingerprint density at radius 3 is 2.85 bits per heavy atom. The standard InChI is InChI=1S/C9H8FNO2/c10-7-3-4-8(11-5-7)13-9(12)6-1-2-6/h3-6H,1-2H2. The van der Waals surface area contributed by atoms with E-state index in [2.05, 4.69) is 4.98 Å². The first-order valence-corrected chi connectivity index (χ1v) is 4.09. The minimum atomic E-state index is -0.439. The molecular formula is C9H8FNO2. The van der Waals surface area contributed by atoms with Crippen LogP contribution in [0.5, 0.6) is 5.88 Å². The van der Waals surface area contributed by atoms with Gasteiger partial charge in [-0.25, -0.2) is 9.37 Å². The van der Waals surface area contributed by atoms with Crippen LogP contribution in [0.25, 0.3) is 0 Å². The summed E-state index contributed by atoms with van der Waals surface area (Å²) in [7, 11) is 0. The zero-order valence-electron chi connectivity index (χ0n) is 6.87. The normalized spacial score (nSPS) is 15.5. The summed E-state index contributed by atoms with van der Waals surface area (Å²) in [5.74, 6) is -0.504. The summed E-state index contributed by atoms with van der Waals surface area (Å²) in [6.45, 7) is 0. The average Bonchev–Trinajstić information content (AvgIpc) is 2.91. The molecule has 1 aliphatic rings. The molecule has 68 valence electrons. The van der Waals surface area contributed by atoms with Gasteiger partial charge in [0.15, 0.2) is 0 Å². The first-order chi connectivity index (χ1) is 6.25. The fourth-order valence-electron chi connectivity index (χ4n) is 0.928. The molecule has 1 fully saturated rings. The lowest BCUT2D eigenvalue weighted by molar-refractivity contribution is -0.136. The van der Waals surface area contributed by atoms with Crippen molar-refractivity contribution in [2.75, 3.05) is 0 Å². The van der Waals surface area contributed by atoms with Crippen LogP contribution < -0.4 is 4.74 Å². The highest BCUT2D eigenvalue weighted by atomic mass is 19.1. The maximum atomic E-state index is 12.4. The summed E-state index contributed by atoms with van der Waals surface area (Å²) >= 11 is 0. The number of hydrogen-bond acceptors (Lipinski definition) is 3. The van der Waals surface area contributed by atoms with E-state index in [4.69, 9.17) is 4.74 Å². The largest absolute Gasteiger partial charge is 0.407 e. The molecule has 2 rings (SSSR count). The predicted molar refractivity (Wildman–Crippen MR) is 42.6 cm³/mol. The van der Waals surface area contributed by atoms with Crippen molar-refractivity contribution < 1.29 is 13.9 Å².